The van der Waals surface area contributed by atoms with Crippen molar-refractivity contribution in [1.82, 2.24) is 14.8 Å². The summed E-state index contributed by atoms with van der Waals surface area (Å²) in [5, 5.41) is 10.4. The summed E-state index contributed by atoms with van der Waals surface area (Å²) >= 11 is 11.6. The van der Waals surface area contributed by atoms with Gasteiger partial charge in [-0.15, -0.1) is 10.2 Å². The van der Waals surface area contributed by atoms with Gasteiger partial charge in [-0.05, 0) is 48.9 Å². The van der Waals surface area contributed by atoms with Crippen LogP contribution in [0.3, 0.4) is 0 Å². The van der Waals surface area contributed by atoms with Crippen LogP contribution >= 0.6 is 39.3 Å². The molecule has 1 heterocycles. The zero-order valence-electron chi connectivity index (χ0n) is 15.1. The Morgan fingerprint density at radius 1 is 0.929 bits per heavy atom. The number of hydrogen-bond acceptors (Lipinski definition) is 3. The van der Waals surface area contributed by atoms with E-state index in [2.05, 4.69) is 86.1 Å². The van der Waals surface area contributed by atoms with Gasteiger partial charge in [-0.2, -0.15) is 0 Å². The summed E-state index contributed by atoms with van der Waals surface area (Å²) in [7, 11) is 0. The van der Waals surface area contributed by atoms with E-state index < -0.39 is 0 Å². The molecule has 0 aliphatic carbocycles. The predicted molar refractivity (Wildman–Crippen MR) is 120 cm³/mol. The third-order valence-corrected chi connectivity index (χ3v) is 6.18. The molecule has 0 aliphatic rings. The van der Waals surface area contributed by atoms with Crippen molar-refractivity contribution in [1.29, 1.82) is 0 Å². The Morgan fingerprint density at radius 3 is 2.36 bits per heavy atom. The second-order valence-corrected chi connectivity index (χ2v) is 8.64. The zero-order valence-corrected chi connectivity index (χ0v) is 18.3. The number of rotatable bonds is 5. The van der Waals surface area contributed by atoms with Crippen molar-refractivity contribution < 1.29 is 0 Å². The molecule has 0 spiro atoms. The maximum Gasteiger partial charge on any atom is 0.196 e. The average molecular weight is 471 g/mol. The summed E-state index contributed by atoms with van der Waals surface area (Å²) in [4.78, 5) is 0. The van der Waals surface area contributed by atoms with Gasteiger partial charge in [-0.3, -0.25) is 4.57 Å². The number of hydrogen-bond donors (Lipinski definition) is 0. The molecule has 0 fully saturated rings. The van der Waals surface area contributed by atoms with E-state index in [9.17, 15) is 0 Å². The van der Waals surface area contributed by atoms with Crippen molar-refractivity contribution in [2.75, 3.05) is 0 Å². The second kappa shape index (κ2) is 8.52. The monoisotopic (exact) mass is 469 g/mol. The normalized spacial score (nSPS) is 11.0. The highest BCUT2D eigenvalue weighted by atomic mass is 79.9. The maximum absolute atomic E-state index is 6.45. The van der Waals surface area contributed by atoms with Crippen LogP contribution in [-0.4, -0.2) is 14.8 Å². The minimum atomic E-state index is 0.660. The van der Waals surface area contributed by atoms with E-state index in [1.54, 1.807) is 11.8 Å². The number of halogens is 2. The summed E-state index contributed by atoms with van der Waals surface area (Å²) in [5.74, 6) is 1.55. The number of nitrogens with zero attached hydrogens (tertiary/aromatic N) is 3. The summed E-state index contributed by atoms with van der Waals surface area (Å²) < 4.78 is 3.15. The molecule has 4 rings (SSSR count). The van der Waals surface area contributed by atoms with Crippen molar-refractivity contribution >= 4 is 39.3 Å². The first kappa shape index (κ1) is 19.2. The van der Waals surface area contributed by atoms with Gasteiger partial charge in [-0.25, -0.2) is 0 Å². The molecule has 0 N–H and O–H groups in total. The molecule has 28 heavy (non-hydrogen) atoms. The molecule has 0 atom stereocenters. The van der Waals surface area contributed by atoms with Gasteiger partial charge in [-0.1, -0.05) is 81.3 Å². The molecule has 0 bridgehead atoms. The van der Waals surface area contributed by atoms with E-state index in [0.717, 1.165) is 32.5 Å². The van der Waals surface area contributed by atoms with Gasteiger partial charge in [0.25, 0.3) is 0 Å². The number of thioether (sulfide) groups is 1. The summed E-state index contributed by atoms with van der Waals surface area (Å²) in [6, 6.07) is 24.4. The van der Waals surface area contributed by atoms with Crippen LogP contribution in [0.4, 0.5) is 0 Å². The van der Waals surface area contributed by atoms with Gasteiger partial charge in [0.2, 0.25) is 0 Å². The topological polar surface area (TPSA) is 30.7 Å². The highest BCUT2D eigenvalue weighted by molar-refractivity contribution is 9.10. The minimum absolute atomic E-state index is 0.660. The maximum atomic E-state index is 6.45. The van der Waals surface area contributed by atoms with Crippen molar-refractivity contribution in [3.05, 3.63) is 93.4 Å². The van der Waals surface area contributed by atoms with Crippen molar-refractivity contribution in [3.8, 4) is 17.1 Å². The van der Waals surface area contributed by atoms with E-state index in [1.165, 1.54) is 11.1 Å². The first-order chi connectivity index (χ1) is 13.6. The van der Waals surface area contributed by atoms with Gasteiger partial charge >= 0.3 is 0 Å². The Balaban J connectivity index is 1.74. The Morgan fingerprint density at radius 2 is 1.64 bits per heavy atom. The quantitative estimate of drug-likeness (QED) is 0.296. The van der Waals surface area contributed by atoms with Crippen LogP contribution in [0.15, 0.2) is 82.4 Å². The second-order valence-electron chi connectivity index (χ2n) is 6.37. The average Bonchev–Trinajstić information content (AvgIpc) is 3.12. The predicted octanol–water partition coefficient (Wildman–Crippen LogP) is 6.95. The molecule has 0 unspecified atom stereocenters. The molecule has 3 nitrogen and oxygen atoms in total. The van der Waals surface area contributed by atoms with Crippen molar-refractivity contribution in [2.45, 2.75) is 17.8 Å². The molecule has 6 heteroatoms. The van der Waals surface area contributed by atoms with Crippen LogP contribution in [0.25, 0.3) is 17.1 Å². The molecule has 0 amide bonds. The number of aromatic nitrogens is 3. The third kappa shape index (κ3) is 4.17. The van der Waals surface area contributed by atoms with Gasteiger partial charge in [0.1, 0.15) is 0 Å². The van der Waals surface area contributed by atoms with Crippen LogP contribution in [0.5, 0.6) is 0 Å². The van der Waals surface area contributed by atoms with E-state index in [0.29, 0.717) is 5.02 Å². The first-order valence-electron chi connectivity index (χ1n) is 8.76. The van der Waals surface area contributed by atoms with E-state index in [1.807, 2.05) is 24.3 Å². The lowest BCUT2D eigenvalue weighted by Crippen LogP contribution is -2.00. The smallest absolute Gasteiger partial charge is 0.196 e. The molecule has 0 radical (unpaired) electrons. The van der Waals surface area contributed by atoms with Crippen LogP contribution in [0.1, 0.15) is 11.1 Å². The molecule has 140 valence electrons. The molecular weight excluding hydrogens is 454 g/mol. The lowest BCUT2D eigenvalue weighted by molar-refractivity contribution is 0.885. The Kier molecular flexibility index (Phi) is 5.85. The third-order valence-electron chi connectivity index (χ3n) is 4.32. The van der Waals surface area contributed by atoms with E-state index >= 15 is 0 Å². The van der Waals surface area contributed by atoms with Gasteiger partial charge in [0, 0.05) is 21.5 Å². The fourth-order valence-corrected chi connectivity index (χ4v) is 4.23. The molecule has 0 saturated carbocycles. The molecule has 3 aromatic carbocycles. The lowest BCUT2D eigenvalue weighted by atomic mass is 10.2. The molecule has 0 aliphatic heterocycles. The van der Waals surface area contributed by atoms with Gasteiger partial charge in [0.15, 0.2) is 11.0 Å². The first-order valence-corrected chi connectivity index (χ1v) is 10.9. The highest BCUT2D eigenvalue weighted by Crippen LogP contribution is 2.33. The van der Waals surface area contributed by atoms with Gasteiger partial charge in [0.05, 0.1) is 5.02 Å². The van der Waals surface area contributed by atoms with Crippen LogP contribution < -0.4 is 0 Å². The number of aryl methyl sites for hydroxylation is 1. The summed E-state index contributed by atoms with van der Waals surface area (Å²) in [6.07, 6.45) is 0. The Labute approximate surface area is 181 Å². The largest absolute Gasteiger partial charge is 0.270 e. The van der Waals surface area contributed by atoms with Crippen LogP contribution in [-0.2, 0) is 5.75 Å². The standard InChI is InChI=1S/C22H17BrClN3S/c1-15-6-12-18(13-7-15)27-21(19-4-2-3-5-20(19)24)25-26-22(27)28-14-16-8-10-17(23)11-9-16/h2-13H,14H2,1H3. The SMILES string of the molecule is Cc1ccc(-n2c(SCc3ccc(Br)cc3)nnc2-c2ccccc2Cl)cc1. The van der Waals surface area contributed by atoms with Gasteiger partial charge < -0.3 is 0 Å². The van der Waals surface area contributed by atoms with Crippen LogP contribution in [0.2, 0.25) is 5.02 Å². The summed E-state index contributed by atoms with van der Waals surface area (Å²) in [5.41, 5.74) is 4.32. The summed E-state index contributed by atoms with van der Waals surface area (Å²) in [6.45, 7) is 2.08. The molecule has 1 aromatic heterocycles. The minimum Gasteiger partial charge on any atom is -0.270 e. The highest BCUT2D eigenvalue weighted by Gasteiger charge is 2.18. The zero-order chi connectivity index (χ0) is 19.5. The van der Waals surface area contributed by atoms with Crippen molar-refractivity contribution in [2.24, 2.45) is 0 Å². The fourth-order valence-electron chi connectivity index (χ4n) is 2.84. The Hall–Kier alpha value is -2.08. The Bertz CT molecular complexity index is 1090. The van der Waals surface area contributed by atoms with E-state index in [4.69, 9.17) is 11.6 Å². The van der Waals surface area contributed by atoms with Crippen molar-refractivity contribution in [3.63, 3.8) is 0 Å². The fraction of sp³-hybridized carbons (Fsp3) is 0.0909. The lowest BCUT2D eigenvalue weighted by Gasteiger charge is -2.11. The molecular formula is C22H17BrClN3S. The number of benzene rings is 3. The van der Waals surface area contributed by atoms with E-state index in [-0.39, 0.29) is 0 Å². The molecule has 0 saturated heterocycles. The van der Waals surface area contributed by atoms with Crippen LogP contribution in [0, 0.1) is 6.92 Å². The molecule has 4 aromatic rings.